The van der Waals surface area contributed by atoms with Gasteiger partial charge in [0.1, 0.15) is 0 Å². The van der Waals surface area contributed by atoms with E-state index in [1.54, 1.807) is 0 Å². The fraction of sp³-hybridized carbons (Fsp3) is 0.714. The third kappa shape index (κ3) is 2.67. The van der Waals surface area contributed by atoms with Crippen LogP contribution in [0.1, 0.15) is 51.1 Å². The molecule has 1 saturated carbocycles. The molecule has 0 spiro atoms. The predicted octanol–water partition coefficient (Wildman–Crippen LogP) is 3.57. The quantitative estimate of drug-likeness (QED) is 0.758. The average molecular weight is 221 g/mol. The lowest BCUT2D eigenvalue weighted by Gasteiger charge is -2.29. The first kappa shape index (κ1) is 11.7. The van der Waals surface area contributed by atoms with E-state index in [2.05, 4.69) is 36.9 Å². The van der Waals surface area contributed by atoms with Gasteiger partial charge in [-0.25, -0.2) is 0 Å². The normalized spacial score (nSPS) is 25.9. The van der Waals surface area contributed by atoms with E-state index in [0.717, 1.165) is 13.0 Å². The summed E-state index contributed by atoms with van der Waals surface area (Å²) >= 11 is 0. The van der Waals surface area contributed by atoms with Crippen molar-refractivity contribution in [2.45, 2.75) is 58.1 Å². The van der Waals surface area contributed by atoms with Crippen LogP contribution in [-0.4, -0.2) is 17.3 Å². The van der Waals surface area contributed by atoms with Gasteiger partial charge in [0, 0.05) is 25.0 Å². The Labute approximate surface area is 98.6 Å². The Bertz CT molecular complexity index is 310. The molecule has 1 heterocycles. The lowest BCUT2D eigenvalue weighted by Crippen LogP contribution is -2.23. The van der Waals surface area contributed by atoms with Gasteiger partial charge >= 0.3 is 0 Å². The molecule has 0 amide bonds. The molecule has 1 aliphatic rings. The van der Waals surface area contributed by atoms with Gasteiger partial charge in [0.05, 0.1) is 6.10 Å². The van der Waals surface area contributed by atoms with Crippen molar-refractivity contribution in [1.82, 2.24) is 4.57 Å². The van der Waals surface area contributed by atoms with E-state index in [9.17, 15) is 0 Å². The molecule has 0 radical (unpaired) electrons. The lowest BCUT2D eigenvalue weighted by molar-refractivity contribution is 0.0272. The summed E-state index contributed by atoms with van der Waals surface area (Å²) in [6.45, 7) is 5.16. The van der Waals surface area contributed by atoms with Gasteiger partial charge in [-0.05, 0) is 50.7 Å². The molecule has 2 rings (SSSR count). The Morgan fingerprint density at radius 2 is 2.00 bits per heavy atom. The van der Waals surface area contributed by atoms with Crippen molar-refractivity contribution in [1.29, 1.82) is 0 Å². The van der Waals surface area contributed by atoms with Gasteiger partial charge in [-0.3, -0.25) is 0 Å². The summed E-state index contributed by atoms with van der Waals surface area (Å²) in [6.07, 6.45) is 11.2. The van der Waals surface area contributed by atoms with Crippen LogP contribution in [-0.2, 0) is 11.2 Å². The molecule has 1 aliphatic carbocycles. The van der Waals surface area contributed by atoms with E-state index >= 15 is 0 Å². The van der Waals surface area contributed by atoms with Gasteiger partial charge < -0.3 is 9.30 Å². The van der Waals surface area contributed by atoms with Gasteiger partial charge in [0.2, 0.25) is 0 Å². The van der Waals surface area contributed by atoms with Crippen molar-refractivity contribution in [3.05, 3.63) is 24.0 Å². The molecule has 2 nitrogen and oxygen atoms in total. The van der Waals surface area contributed by atoms with Crippen molar-refractivity contribution in [2.75, 3.05) is 6.61 Å². The summed E-state index contributed by atoms with van der Waals surface area (Å²) < 4.78 is 8.09. The van der Waals surface area contributed by atoms with Gasteiger partial charge in [0.25, 0.3) is 0 Å². The summed E-state index contributed by atoms with van der Waals surface area (Å²) in [4.78, 5) is 0. The molecule has 1 aromatic rings. The van der Waals surface area contributed by atoms with Crippen molar-refractivity contribution in [2.24, 2.45) is 0 Å². The standard InChI is InChI=1S/C14H23NO/c1-3-12-9-10-15(11-12)13-5-7-14(8-6-13)16-4-2/h9-11,13-14H,3-8H2,1-2H3. The molecule has 2 heteroatoms. The molecule has 0 atom stereocenters. The number of aryl methyl sites for hydroxylation is 1. The molecule has 0 N–H and O–H groups in total. The minimum absolute atomic E-state index is 0.516. The zero-order valence-corrected chi connectivity index (χ0v) is 10.5. The van der Waals surface area contributed by atoms with Crippen LogP contribution in [0.5, 0.6) is 0 Å². The maximum Gasteiger partial charge on any atom is 0.0576 e. The van der Waals surface area contributed by atoms with E-state index in [1.165, 1.54) is 31.2 Å². The molecule has 16 heavy (non-hydrogen) atoms. The molecule has 0 bridgehead atoms. The Balaban J connectivity index is 1.88. The Hall–Kier alpha value is -0.760. The van der Waals surface area contributed by atoms with E-state index in [-0.39, 0.29) is 0 Å². The molecular formula is C14H23NO. The lowest BCUT2D eigenvalue weighted by atomic mass is 9.93. The summed E-state index contributed by atoms with van der Waals surface area (Å²) in [5.74, 6) is 0. The second-order valence-electron chi connectivity index (χ2n) is 4.71. The molecule has 0 saturated heterocycles. The van der Waals surface area contributed by atoms with Crippen LogP contribution in [0, 0.1) is 0 Å². The minimum Gasteiger partial charge on any atom is -0.379 e. The van der Waals surface area contributed by atoms with E-state index in [4.69, 9.17) is 4.74 Å². The van der Waals surface area contributed by atoms with Crippen LogP contribution in [0.15, 0.2) is 18.5 Å². The van der Waals surface area contributed by atoms with E-state index < -0.39 is 0 Å². The van der Waals surface area contributed by atoms with Crippen molar-refractivity contribution in [3.8, 4) is 0 Å². The molecule has 0 unspecified atom stereocenters. The van der Waals surface area contributed by atoms with E-state index in [0.29, 0.717) is 12.1 Å². The zero-order chi connectivity index (χ0) is 11.4. The number of aromatic nitrogens is 1. The number of ether oxygens (including phenoxy) is 1. The van der Waals surface area contributed by atoms with Crippen molar-refractivity contribution >= 4 is 0 Å². The molecule has 1 fully saturated rings. The molecule has 1 aromatic heterocycles. The van der Waals surface area contributed by atoms with Crippen LogP contribution in [0.25, 0.3) is 0 Å². The number of rotatable bonds is 4. The third-order valence-corrected chi connectivity index (χ3v) is 3.65. The smallest absolute Gasteiger partial charge is 0.0576 e. The monoisotopic (exact) mass is 221 g/mol. The van der Waals surface area contributed by atoms with Crippen LogP contribution in [0.2, 0.25) is 0 Å². The third-order valence-electron chi connectivity index (χ3n) is 3.65. The fourth-order valence-electron chi connectivity index (χ4n) is 2.64. The van der Waals surface area contributed by atoms with Crippen molar-refractivity contribution < 1.29 is 4.74 Å². The van der Waals surface area contributed by atoms with Gasteiger partial charge in [-0.15, -0.1) is 0 Å². The van der Waals surface area contributed by atoms with Crippen LogP contribution >= 0.6 is 0 Å². The van der Waals surface area contributed by atoms with Crippen LogP contribution < -0.4 is 0 Å². The summed E-state index contributed by atoms with van der Waals surface area (Å²) in [5.41, 5.74) is 1.45. The molecule has 0 aromatic carbocycles. The molecule has 90 valence electrons. The van der Waals surface area contributed by atoms with Crippen molar-refractivity contribution in [3.63, 3.8) is 0 Å². The Morgan fingerprint density at radius 1 is 1.25 bits per heavy atom. The highest BCUT2D eigenvalue weighted by Gasteiger charge is 2.21. The topological polar surface area (TPSA) is 14.2 Å². The Morgan fingerprint density at radius 3 is 2.56 bits per heavy atom. The SMILES string of the molecule is CCOC1CCC(n2ccc(CC)c2)CC1. The predicted molar refractivity (Wildman–Crippen MR) is 66.7 cm³/mol. The Kier molecular flexibility index (Phi) is 4.05. The largest absolute Gasteiger partial charge is 0.379 e. The first-order valence-corrected chi connectivity index (χ1v) is 6.61. The number of hydrogen-bond acceptors (Lipinski definition) is 1. The van der Waals surface area contributed by atoms with E-state index in [1.807, 2.05) is 0 Å². The highest BCUT2D eigenvalue weighted by molar-refractivity contribution is 5.10. The zero-order valence-electron chi connectivity index (χ0n) is 10.5. The van der Waals surface area contributed by atoms with Crippen LogP contribution in [0.3, 0.4) is 0 Å². The fourth-order valence-corrected chi connectivity index (χ4v) is 2.64. The highest BCUT2D eigenvalue weighted by Crippen LogP contribution is 2.30. The van der Waals surface area contributed by atoms with Gasteiger partial charge in [-0.2, -0.15) is 0 Å². The van der Waals surface area contributed by atoms with Gasteiger partial charge in [0.15, 0.2) is 0 Å². The maximum atomic E-state index is 5.68. The average Bonchev–Trinajstić information content (AvgIpc) is 2.79. The molecular weight excluding hydrogens is 198 g/mol. The summed E-state index contributed by atoms with van der Waals surface area (Å²) in [7, 11) is 0. The molecule has 0 aliphatic heterocycles. The highest BCUT2D eigenvalue weighted by atomic mass is 16.5. The maximum absolute atomic E-state index is 5.68. The summed E-state index contributed by atoms with van der Waals surface area (Å²) in [6, 6.07) is 2.95. The first-order chi connectivity index (χ1) is 7.83. The number of hydrogen-bond donors (Lipinski definition) is 0. The van der Waals surface area contributed by atoms with Crippen LogP contribution in [0.4, 0.5) is 0 Å². The summed E-state index contributed by atoms with van der Waals surface area (Å²) in [5, 5.41) is 0. The first-order valence-electron chi connectivity index (χ1n) is 6.61. The second-order valence-corrected chi connectivity index (χ2v) is 4.71. The van der Waals surface area contributed by atoms with Gasteiger partial charge in [-0.1, -0.05) is 6.92 Å². The second kappa shape index (κ2) is 5.53. The minimum atomic E-state index is 0.516. The number of nitrogens with zero attached hydrogens (tertiary/aromatic N) is 1.